The third-order valence-electron chi connectivity index (χ3n) is 2.03. The molecule has 1 aromatic carbocycles. The molecule has 0 radical (unpaired) electrons. The van der Waals surface area contributed by atoms with Crippen LogP contribution in [0.25, 0.3) is 10.8 Å². The topological polar surface area (TPSA) is 42.4 Å². The van der Waals surface area contributed by atoms with Gasteiger partial charge in [-0.15, -0.1) is 0 Å². The van der Waals surface area contributed by atoms with Gasteiger partial charge in [-0.2, -0.15) is 4.39 Å². The molecule has 0 amide bonds. The van der Waals surface area contributed by atoms with E-state index < -0.39 is 11.7 Å². The zero-order valence-corrected chi connectivity index (χ0v) is 7.49. The second-order valence-electron chi connectivity index (χ2n) is 2.85. The molecule has 0 aliphatic rings. The number of methoxy groups -OCH3 is 1. The Morgan fingerprint density at radius 3 is 2.93 bits per heavy atom. The first-order chi connectivity index (χ1) is 6.72. The highest BCUT2D eigenvalue weighted by Crippen LogP contribution is 2.28. The van der Waals surface area contributed by atoms with Crippen molar-refractivity contribution in [1.82, 2.24) is 4.98 Å². The molecule has 0 saturated heterocycles. The molecule has 0 aliphatic carbocycles. The highest BCUT2D eigenvalue weighted by atomic mass is 19.1. The lowest BCUT2D eigenvalue weighted by atomic mass is 10.1. The maximum absolute atomic E-state index is 12.9. The van der Waals surface area contributed by atoms with Crippen LogP contribution in [-0.4, -0.2) is 17.2 Å². The van der Waals surface area contributed by atoms with Gasteiger partial charge in [-0.25, -0.2) is 4.98 Å². The predicted octanol–water partition coefficient (Wildman–Crippen LogP) is 2.09. The smallest absolute Gasteiger partial charge is 0.255 e. The molecular weight excluding hydrogens is 185 g/mol. The Balaban J connectivity index is 2.78. The second-order valence-corrected chi connectivity index (χ2v) is 2.85. The molecule has 0 aliphatic heterocycles. The number of pyridine rings is 1. The number of rotatable bonds is 1. The molecule has 14 heavy (non-hydrogen) atoms. The highest BCUT2D eigenvalue weighted by molar-refractivity contribution is 5.88. The minimum absolute atomic E-state index is 0.400. The van der Waals surface area contributed by atoms with E-state index in [4.69, 9.17) is 4.74 Å². The summed E-state index contributed by atoms with van der Waals surface area (Å²) in [7, 11) is 1.51. The Hall–Kier alpha value is -1.84. The molecule has 1 heterocycles. The number of halogens is 1. The van der Waals surface area contributed by atoms with Gasteiger partial charge in [0.2, 0.25) is 0 Å². The Morgan fingerprint density at radius 2 is 2.21 bits per heavy atom. The zero-order valence-electron chi connectivity index (χ0n) is 7.49. The van der Waals surface area contributed by atoms with Crippen LogP contribution < -0.4 is 4.74 Å². The lowest BCUT2D eigenvalue weighted by molar-refractivity contribution is 0.413. The van der Waals surface area contributed by atoms with Crippen LogP contribution >= 0.6 is 0 Å². The van der Waals surface area contributed by atoms with E-state index in [1.807, 2.05) is 0 Å². The number of nitrogens with zero attached hydrogens (tertiary/aromatic N) is 1. The van der Waals surface area contributed by atoms with Crippen LogP contribution in [0.5, 0.6) is 11.5 Å². The summed E-state index contributed by atoms with van der Waals surface area (Å²) >= 11 is 0. The Morgan fingerprint density at radius 1 is 1.43 bits per heavy atom. The van der Waals surface area contributed by atoms with Crippen molar-refractivity contribution < 1.29 is 14.2 Å². The van der Waals surface area contributed by atoms with E-state index in [-0.39, 0.29) is 0 Å². The van der Waals surface area contributed by atoms with Crippen molar-refractivity contribution in [3.8, 4) is 11.5 Å². The van der Waals surface area contributed by atoms with Gasteiger partial charge in [-0.05, 0) is 18.2 Å². The first kappa shape index (κ1) is 8.74. The molecule has 3 nitrogen and oxygen atoms in total. The van der Waals surface area contributed by atoms with Gasteiger partial charge in [0, 0.05) is 17.0 Å². The number of hydrogen-bond donors (Lipinski definition) is 1. The molecule has 0 spiro atoms. The number of ether oxygens (including phenoxy) is 1. The van der Waals surface area contributed by atoms with Crippen molar-refractivity contribution >= 4 is 10.8 Å². The SMILES string of the molecule is COc1ccc2cnc(F)c(O)c2c1. The fourth-order valence-electron chi connectivity index (χ4n) is 1.28. The predicted molar refractivity (Wildman–Crippen MR) is 49.9 cm³/mol. The van der Waals surface area contributed by atoms with Crippen molar-refractivity contribution in [2.75, 3.05) is 7.11 Å². The summed E-state index contributed by atoms with van der Waals surface area (Å²) in [6.45, 7) is 0. The summed E-state index contributed by atoms with van der Waals surface area (Å²) in [6, 6.07) is 5.00. The van der Waals surface area contributed by atoms with Crippen molar-refractivity contribution in [1.29, 1.82) is 0 Å². The third-order valence-corrected chi connectivity index (χ3v) is 2.03. The van der Waals surface area contributed by atoms with Gasteiger partial charge in [0.15, 0.2) is 5.75 Å². The summed E-state index contributed by atoms with van der Waals surface area (Å²) in [5.41, 5.74) is 0. The lowest BCUT2D eigenvalue weighted by Gasteiger charge is -2.03. The molecule has 0 bridgehead atoms. The van der Waals surface area contributed by atoms with Crippen LogP contribution in [0.4, 0.5) is 4.39 Å². The molecule has 1 aromatic heterocycles. The third kappa shape index (κ3) is 1.25. The van der Waals surface area contributed by atoms with Gasteiger partial charge < -0.3 is 9.84 Å². The van der Waals surface area contributed by atoms with Crippen molar-refractivity contribution in [2.45, 2.75) is 0 Å². The van der Waals surface area contributed by atoms with Crippen LogP contribution in [0.15, 0.2) is 24.4 Å². The van der Waals surface area contributed by atoms with Gasteiger partial charge in [-0.1, -0.05) is 0 Å². The molecule has 4 heteroatoms. The fraction of sp³-hybridized carbons (Fsp3) is 0.100. The van der Waals surface area contributed by atoms with Gasteiger partial charge >= 0.3 is 0 Å². The summed E-state index contributed by atoms with van der Waals surface area (Å²) in [5.74, 6) is -0.745. The van der Waals surface area contributed by atoms with E-state index in [9.17, 15) is 9.50 Å². The first-order valence-electron chi connectivity index (χ1n) is 4.03. The van der Waals surface area contributed by atoms with Gasteiger partial charge in [-0.3, -0.25) is 0 Å². The number of hydrogen-bond acceptors (Lipinski definition) is 3. The van der Waals surface area contributed by atoms with Crippen LogP contribution in [0, 0.1) is 5.95 Å². The molecular formula is C10H8FNO2. The average molecular weight is 193 g/mol. The molecule has 0 fully saturated rings. The normalized spacial score (nSPS) is 10.4. The molecule has 2 aromatic rings. The highest BCUT2D eigenvalue weighted by Gasteiger charge is 2.07. The summed E-state index contributed by atoms with van der Waals surface area (Å²) in [4.78, 5) is 3.40. The number of fused-ring (bicyclic) bond motifs is 1. The van der Waals surface area contributed by atoms with E-state index in [2.05, 4.69) is 4.98 Å². The standard InChI is InChI=1S/C10H8FNO2/c1-14-7-3-2-6-5-12-10(11)9(13)8(6)4-7/h2-5,13H,1H3. The van der Waals surface area contributed by atoms with Gasteiger partial charge in [0.25, 0.3) is 5.95 Å². The minimum Gasteiger partial charge on any atom is -0.503 e. The quantitative estimate of drug-likeness (QED) is 0.705. The average Bonchev–Trinajstić information content (AvgIpc) is 2.23. The summed E-state index contributed by atoms with van der Waals surface area (Å²) in [6.07, 6.45) is 1.36. The maximum Gasteiger partial charge on any atom is 0.255 e. The Bertz CT molecular complexity index is 485. The van der Waals surface area contributed by atoms with Gasteiger partial charge in [0.1, 0.15) is 5.75 Å². The Labute approximate surface area is 79.8 Å². The maximum atomic E-state index is 12.9. The van der Waals surface area contributed by atoms with E-state index >= 15 is 0 Å². The number of aromatic hydroxyl groups is 1. The molecule has 0 saturated carbocycles. The fourth-order valence-corrected chi connectivity index (χ4v) is 1.28. The van der Waals surface area contributed by atoms with Crippen molar-refractivity contribution in [3.05, 3.63) is 30.3 Å². The number of aromatic nitrogens is 1. The number of benzene rings is 1. The van der Waals surface area contributed by atoms with E-state index in [0.717, 1.165) is 0 Å². The van der Waals surface area contributed by atoms with Crippen LogP contribution in [-0.2, 0) is 0 Å². The van der Waals surface area contributed by atoms with Crippen LogP contribution in [0.1, 0.15) is 0 Å². The molecule has 1 N–H and O–H groups in total. The lowest BCUT2D eigenvalue weighted by Crippen LogP contribution is -1.87. The monoisotopic (exact) mass is 193 g/mol. The zero-order chi connectivity index (χ0) is 10.1. The molecule has 72 valence electrons. The van der Waals surface area contributed by atoms with Crippen molar-refractivity contribution in [2.24, 2.45) is 0 Å². The minimum atomic E-state index is -0.870. The van der Waals surface area contributed by atoms with E-state index in [0.29, 0.717) is 16.5 Å². The summed E-state index contributed by atoms with van der Waals surface area (Å²) in [5, 5.41) is 10.5. The Kier molecular flexibility index (Phi) is 1.96. The van der Waals surface area contributed by atoms with Crippen molar-refractivity contribution in [3.63, 3.8) is 0 Å². The van der Waals surface area contributed by atoms with Gasteiger partial charge in [0.05, 0.1) is 7.11 Å². The van der Waals surface area contributed by atoms with E-state index in [1.54, 1.807) is 18.2 Å². The van der Waals surface area contributed by atoms with Crippen LogP contribution in [0.2, 0.25) is 0 Å². The molecule has 2 rings (SSSR count). The molecule has 0 atom stereocenters. The second kappa shape index (κ2) is 3.14. The van der Waals surface area contributed by atoms with Crippen LogP contribution in [0.3, 0.4) is 0 Å². The van der Waals surface area contributed by atoms with E-state index in [1.165, 1.54) is 13.3 Å². The first-order valence-corrected chi connectivity index (χ1v) is 4.03. The summed E-state index contributed by atoms with van der Waals surface area (Å²) < 4.78 is 17.8. The largest absolute Gasteiger partial charge is 0.503 e. The molecule has 0 unspecified atom stereocenters.